The standard InChI is InChI=1S/C20H13F2N3O3/c1-27-17-9-12-5-3-2-4-11(12)8-15(17)18(26)23-20-25-24-19(28-20)14-7-6-13(21)10-16(14)22/h2-10H,1H3,(H,23,25,26). The SMILES string of the molecule is COc1cc2ccccc2cc1C(=O)Nc1nnc(-c2ccc(F)cc2F)o1. The number of nitrogens with zero attached hydrogens (tertiary/aromatic N) is 2. The molecule has 4 rings (SSSR count). The van der Waals surface area contributed by atoms with Gasteiger partial charge in [0.15, 0.2) is 0 Å². The van der Waals surface area contributed by atoms with Crippen molar-refractivity contribution >= 4 is 22.7 Å². The molecule has 0 saturated heterocycles. The number of carbonyl (C=O) groups is 1. The molecule has 4 aromatic rings. The van der Waals surface area contributed by atoms with Crippen molar-refractivity contribution in [3.63, 3.8) is 0 Å². The summed E-state index contributed by atoms with van der Waals surface area (Å²) in [5.74, 6) is -1.91. The van der Waals surface area contributed by atoms with E-state index in [1.807, 2.05) is 24.3 Å². The summed E-state index contributed by atoms with van der Waals surface area (Å²) in [4.78, 5) is 12.7. The van der Waals surface area contributed by atoms with Crippen LogP contribution in [0.1, 0.15) is 10.4 Å². The van der Waals surface area contributed by atoms with Crippen molar-refractivity contribution in [3.05, 3.63) is 71.8 Å². The van der Waals surface area contributed by atoms with Crippen molar-refractivity contribution in [3.8, 4) is 17.2 Å². The minimum atomic E-state index is -0.849. The summed E-state index contributed by atoms with van der Waals surface area (Å²) in [6, 6.07) is 13.7. The molecule has 140 valence electrons. The molecule has 0 aliphatic heterocycles. The molecule has 0 atom stereocenters. The summed E-state index contributed by atoms with van der Waals surface area (Å²) >= 11 is 0. The van der Waals surface area contributed by atoms with Crippen molar-refractivity contribution in [1.82, 2.24) is 10.2 Å². The van der Waals surface area contributed by atoms with Gasteiger partial charge in [-0.2, -0.15) is 0 Å². The Kier molecular flexibility index (Phi) is 4.44. The largest absolute Gasteiger partial charge is 0.496 e. The first kappa shape index (κ1) is 17.6. The lowest BCUT2D eigenvalue weighted by Crippen LogP contribution is -2.13. The average Bonchev–Trinajstić information content (AvgIpc) is 3.14. The number of amides is 1. The van der Waals surface area contributed by atoms with Gasteiger partial charge in [0.1, 0.15) is 17.4 Å². The Morgan fingerprint density at radius 2 is 1.79 bits per heavy atom. The zero-order chi connectivity index (χ0) is 19.7. The van der Waals surface area contributed by atoms with Crippen LogP contribution in [0.4, 0.5) is 14.8 Å². The molecule has 28 heavy (non-hydrogen) atoms. The Morgan fingerprint density at radius 3 is 2.50 bits per heavy atom. The van der Waals surface area contributed by atoms with E-state index >= 15 is 0 Å². The topological polar surface area (TPSA) is 77.2 Å². The molecule has 1 heterocycles. The zero-order valence-corrected chi connectivity index (χ0v) is 14.6. The van der Waals surface area contributed by atoms with Crippen LogP contribution >= 0.6 is 0 Å². The molecule has 1 amide bonds. The third-order valence-corrected chi connectivity index (χ3v) is 4.12. The van der Waals surface area contributed by atoms with E-state index in [1.165, 1.54) is 13.2 Å². The molecule has 0 saturated carbocycles. The maximum absolute atomic E-state index is 13.8. The number of benzene rings is 3. The lowest BCUT2D eigenvalue weighted by atomic mass is 10.1. The maximum Gasteiger partial charge on any atom is 0.322 e. The minimum absolute atomic E-state index is 0.0716. The molecule has 0 aliphatic rings. The number of carbonyl (C=O) groups excluding carboxylic acids is 1. The Hall–Kier alpha value is -3.81. The van der Waals surface area contributed by atoms with E-state index in [4.69, 9.17) is 9.15 Å². The van der Waals surface area contributed by atoms with Gasteiger partial charge in [-0.05, 0) is 35.0 Å². The van der Waals surface area contributed by atoms with E-state index in [1.54, 1.807) is 12.1 Å². The highest BCUT2D eigenvalue weighted by atomic mass is 19.1. The number of aromatic nitrogens is 2. The fourth-order valence-corrected chi connectivity index (χ4v) is 2.78. The van der Waals surface area contributed by atoms with Gasteiger partial charge in [-0.3, -0.25) is 10.1 Å². The Morgan fingerprint density at radius 1 is 1.04 bits per heavy atom. The number of hydrogen-bond acceptors (Lipinski definition) is 5. The molecular formula is C20H13F2N3O3. The third-order valence-electron chi connectivity index (χ3n) is 4.12. The predicted octanol–water partition coefficient (Wildman–Crippen LogP) is 4.43. The van der Waals surface area contributed by atoms with Crippen LogP contribution in [0.3, 0.4) is 0 Å². The second kappa shape index (κ2) is 7.07. The van der Waals surface area contributed by atoms with Crippen LogP contribution in [0.5, 0.6) is 5.75 Å². The quantitative estimate of drug-likeness (QED) is 0.566. The van der Waals surface area contributed by atoms with Crippen LogP contribution in [-0.2, 0) is 0 Å². The number of nitrogens with one attached hydrogen (secondary N) is 1. The van der Waals surface area contributed by atoms with Gasteiger partial charge in [-0.1, -0.05) is 29.4 Å². The van der Waals surface area contributed by atoms with E-state index < -0.39 is 17.5 Å². The maximum atomic E-state index is 13.8. The molecule has 0 fully saturated rings. The second-order valence-electron chi connectivity index (χ2n) is 5.89. The monoisotopic (exact) mass is 381 g/mol. The summed E-state index contributed by atoms with van der Waals surface area (Å²) in [5.41, 5.74) is 0.201. The van der Waals surface area contributed by atoms with E-state index in [2.05, 4.69) is 15.5 Å². The number of anilines is 1. The lowest BCUT2D eigenvalue weighted by Gasteiger charge is -2.09. The van der Waals surface area contributed by atoms with Crippen LogP contribution in [0.25, 0.3) is 22.2 Å². The first-order valence-corrected chi connectivity index (χ1v) is 8.22. The van der Waals surface area contributed by atoms with Crippen molar-refractivity contribution in [2.45, 2.75) is 0 Å². The van der Waals surface area contributed by atoms with E-state index in [-0.39, 0.29) is 23.0 Å². The first-order chi connectivity index (χ1) is 13.5. The van der Waals surface area contributed by atoms with Gasteiger partial charge in [0.05, 0.1) is 18.2 Å². The van der Waals surface area contributed by atoms with Gasteiger partial charge in [0, 0.05) is 6.07 Å². The molecule has 8 heteroatoms. The highest BCUT2D eigenvalue weighted by Gasteiger charge is 2.18. The van der Waals surface area contributed by atoms with Gasteiger partial charge in [0.2, 0.25) is 0 Å². The molecule has 6 nitrogen and oxygen atoms in total. The molecule has 1 N–H and O–H groups in total. The highest BCUT2D eigenvalue weighted by Crippen LogP contribution is 2.28. The molecule has 3 aromatic carbocycles. The van der Waals surface area contributed by atoms with Gasteiger partial charge in [-0.15, -0.1) is 5.10 Å². The van der Waals surface area contributed by atoms with Crippen molar-refractivity contribution < 1.29 is 22.7 Å². The fraction of sp³-hybridized carbons (Fsp3) is 0.0500. The number of hydrogen-bond donors (Lipinski definition) is 1. The summed E-state index contributed by atoms with van der Waals surface area (Å²) < 4.78 is 37.5. The van der Waals surface area contributed by atoms with Gasteiger partial charge in [-0.25, -0.2) is 8.78 Å². The highest BCUT2D eigenvalue weighted by molar-refractivity contribution is 6.07. The minimum Gasteiger partial charge on any atom is -0.496 e. The molecule has 0 bridgehead atoms. The predicted molar refractivity (Wildman–Crippen MR) is 98.1 cm³/mol. The van der Waals surface area contributed by atoms with Crippen LogP contribution < -0.4 is 10.1 Å². The Bertz CT molecular complexity index is 1190. The number of methoxy groups -OCH3 is 1. The van der Waals surface area contributed by atoms with E-state index in [9.17, 15) is 13.6 Å². The van der Waals surface area contributed by atoms with Crippen LogP contribution in [0.2, 0.25) is 0 Å². The normalized spacial score (nSPS) is 10.8. The number of rotatable bonds is 4. The smallest absolute Gasteiger partial charge is 0.322 e. The van der Waals surface area contributed by atoms with Crippen molar-refractivity contribution in [2.75, 3.05) is 12.4 Å². The summed E-state index contributed by atoms with van der Waals surface area (Å²) in [7, 11) is 1.46. The molecule has 0 aliphatic carbocycles. The summed E-state index contributed by atoms with van der Waals surface area (Å²) in [6.07, 6.45) is 0. The third kappa shape index (κ3) is 3.27. The molecular weight excluding hydrogens is 368 g/mol. The summed E-state index contributed by atoms with van der Waals surface area (Å²) in [6.45, 7) is 0. The zero-order valence-electron chi connectivity index (χ0n) is 14.6. The van der Waals surface area contributed by atoms with E-state index in [0.29, 0.717) is 11.8 Å². The Balaban J connectivity index is 1.62. The first-order valence-electron chi connectivity index (χ1n) is 8.22. The van der Waals surface area contributed by atoms with Gasteiger partial charge in [0.25, 0.3) is 11.8 Å². The molecule has 1 aromatic heterocycles. The van der Waals surface area contributed by atoms with Crippen LogP contribution in [0.15, 0.2) is 59.0 Å². The second-order valence-corrected chi connectivity index (χ2v) is 5.89. The Labute approximate surface area is 157 Å². The number of halogens is 2. The van der Waals surface area contributed by atoms with Crippen LogP contribution in [-0.4, -0.2) is 23.2 Å². The number of fused-ring (bicyclic) bond motifs is 1. The van der Waals surface area contributed by atoms with Crippen molar-refractivity contribution in [1.29, 1.82) is 0 Å². The molecule has 0 spiro atoms. The molecule has 0 radical (unpaired) electrons. The summed E-state index contributed by atoms with van der Waals surface area (Å²) in [5, 5.41) is 11.6. The average molecular weight is 381 g/mol. The van der Waals surface area contributed by atoms with Crippen molar-refractivity contribution in [2.24, 2.45) is 0 Å². The van der Waals surface area contributed by atoms with Gasteiger partial charge < -0.3 is 9.15 Å². The van der Waals surface area contributed by atoms with E-state index in [0.717, 1.165) is 16.8 Å². The fourth-order valence-electron chi connectivity index (χ4n) is 2.78. The van der Waals surface area contributed by atoms with Crippen LogP contribution in [0, 0.1) is 11.6 Å². The molecule has 0 unspecified atom stereocenters. The lowest BCUT2D eigenvalue weighted by molar-refractivity contribution is 0.102. The number of ether oxygens (including phenoxy) is 1. The van der Waals surface area contributed by atoms with Gasteiger partial charge >= 0.3 is 6.01 Å².